The normalized spacial score (nSPS) is 26.5. The maximum atomic E-state index is 12.9. The largest absolute Gasteiger partial charge is 0.378 e. The Morgan fingerprint density at radius 2 is 1.61 bits per heavy atom. The molecule has 3 aliphatic heterocycles. The van der Waals surface area contributed by atoms with E-state index in [4.69, 9.17) is 4.74 Å². The molecule has 3 saturated heterocycles. The summed E-state index contributed by atoms with van der Waals surface area (Å²) in [6, 6.07) is -0.241. The van der Waals surface area contributed by atoms with E-state index in [1.807, 2.05) is 9.80 Å². The molecule has 0 aromatic carbocycles. The van der Waals surface area contributed by atoms with Crippen LogP contribution in [0.25, 0.3) is 0 Å². The number of carbonyl (C=O) groups is 2. The van der Waals surface area contributed by atoms with Gasteiger partial charge >= 0.3 is 0 Å². The van der Waals surface area contributed by atoms with Gasteiger partial charge < -0.3 is 19.9 Å². The zero-order chi connectivity index (χ0) is 15.4. The number of likely N-dealkylation sites (tertiary alicyclic amines) is 1. The molecule has 2 amide bonds. The Morgan fingerprint density at radius 1 is 0.913 bits per heavy atom. The summed E-state index contributed by atoms with van der Waals surface area (Å²) < 4.78 is 5.33. The molecule has 132 valence electrons. The number of carbonyl (C=O) groups excluding carboxylic acids is 2. The van der Waals surface area contributed by atoms with E-state index in [9.17, 15) is 9.59 Å². The number of nitrogens with zero attached hydrogens (tertiary/aromatic N) is 2. The zero-order valence-electron chi connectivity index (χ0n) is 13.7. The Labute approximate surface area is 144 Å². The summed E-state index contributed by atoms with van der Waals surface area (Å²) in [6.45, 7) is 5.10. The van der Waals surface area contributed by atoms with Crippen molar-refractivity contribution in [1.82, 2.24) is 15.1 Å². The highest BCUT2D eigenvalue weighted by Crippen LogP contribution is 2.24. The summed E-state index contributed by atoms with van der Waals surface area (Å²) in [4.78, 5) is 29.4. The SMILES string of the molecule is Cl.O=C(C1CCCCN1C(=O)C1CCNCC1)N1CCOCC1. The molecular weight excluding hydrogens is 318 g/mol. The average Bonchev–Trinajstić information content (AvgIpc) is 2.62. The van der Waals surface area contributed by atoms with Crippen LogP contribution in [0.3, 0.4) is 0 Å². The van der Waals surface area contributed by atoms with E-state index in [1.54, 1.807) is 0 Å². The quantitative estimate of drug-likeness (QED) is 0.798. The van der Waals surface area contributed by atoms with Crippen LogP contribution >= 0.6 is 12.4 Å². The van der Waals surface area contributed by atoms with E-state index < -0.39 is 0 Å². The second kappa shape index (κ2) is 8.85. The van der Waals surface area contributed by atoms with Gasteiger partial charge in [0.25, 0.3) is 0 Å². The molecule has 3 fully saturated rings. The number of hydrogen-bond donors (Lipinski definition) is 1. The highest BCUT2D eigenvalue weighted by molar-refractivity contribution is 5.89. The number of nitrogens with one attached hydrogen (secondary N) is 1. The number of morpholine rings is 1. The second-order valence-electron chi connectivity index (χ2n) is 6.51. The maximum absolute atomic E-state index is 12.9. The fraction of sp³-hybridized carbons (Fsp3) is 0.875. The van der Waals surface area contributed by atoms with Crippen molar-refractivity contribution in [3.05, 3.63) is 0 Å². The Kier molecular flexibility index (Phi) is 7.11. The van der Waals surface area contributed by atoms with Gasteiger partial charge in [-0.25, -0.2) is 0 Å². The summed E-state index contributed by atoms with van der Waals surface area (Å²) in [7, 11) is 0. The second-order valence-corrected chi connectivity index (χ2v) is 6.51. The smallest absolute Gasteiger partial charge is 0.245 e. The van der Waals surface area contributed by atoms with Crippen LogP contribution in [0.1, 0.15) is 32.1 Å². The molecule has 0 saturated carbocycles. The fourth-order valence-corrected chi connectivity index (χ4v) is 3.75. The molecule has 0 bridgehead atoms. The first-order valence-electron chi connectivity index (χ1n) is 8.65. The van der Waals surface area contributed by atoms with Crippen molar-refractivity contribution < 1.29 is 14.3 Å². The van der Waals surface area contributed by atoms with E-state index in [1.165, 1.54) is 0 Å². The first kappa shape index (κ1) is 18.5. The van der Waals surface area contributed by atoms with Crippen LogP contribution < -0.4 is 5.32 Å². The molecule has 6 nitrogen and oxygen atoms in total. The van der Waals surface area contributed by atoms with Gasteiger partial charge in [-0.15, -0.1) is 12.4 Å². The molecule has 1 N–H and O–H groups in total. The lowest BCUT2D eigenvalue weighted by Crippen LogP contribution is -2.56. The molecule has 3 rings (SSSR count). The van der Waals surface area contributed by atoms with E-state index >= 15 is 0 Å². The molecular formula is C16H28ClN3O3. The average molecular weight is 346 g/mol. The molecule has 7 heteroatoms. The topological polar surface area (TPSA) is 61.9 Å². The van der Waals surface area contributed by atoms with Crippen LogP contribution in [0.4, 0.5) is 0 Å². The first-order valence-corrected chi connectivity index (χ1v) is 8.65. The number of amides is 2. The van der Waals surface area contributed by atoms with Crippen LogP contribution in [0, 0.1) is 5.92 Å². The lowest BCUT2D eigenvalue weighted by atomic mass is 9.93. The van der Waals surface area contributed by atoms with Crippen molar-refractivity contribution in [2.24, 2.45) is 5.92 Å². The molecule has 0 spiro atoms. The van der Waals surface area contributed by atoms with Gasteiger partial charge in [-0.2, -0.15) is 0 Å². The fourth-order valence-electron chi connectivity index (χ4n) is 3.75. The van der Waals surface area contributed by atoms with Gasteiger partial charge in [0.15, 0.2) is 0 Å². The third-order valence-electron chi connectivity index (χ3n) is 5.08. The summed E-state index contributed by atoms with van der Waals surface area (Å²) in [6.07, 6.45) is 4.66. The molecule has 0 aromatic rings. The standard InChI is InChI=1S/C16H27N3O3.ClH/c20-15(13-4-6-17-7-5-13)19-8-2-1-3-14(19)16(21)18-9-11-22-12-10-18;/h13-14,17H,1-12H2;1H. The molecule has 1 unspecified atom stereocenters. The minimum absolute atomic E-state index is 0. The summed E-state index contributed by atoms with van der Waals surface area (Å²) >= 11 is 0. The van der Waals surface area contributed by atoms with E-state index in [2.05, 4.69) is 5.32 Å². The van der Waals surface area contributed by atoms with Crippen molar-refractivity contribution in [1.29, 1.82) is 0 Å². The Morgan fingerprint density at radius 3 is 2.30 bits per heavy atom. The Balaban J connectivity index is 0.00000192. The summed E-state index contributed by atoms with van der Waals surface area (Å²) in [5.41, 5.74) is 0. The first-order chi connectivity index (χ1) is 10.8. The van der Waals surface area contributed by atoms with Crippen molar-refractivity contribution in [3.8, 4) is 0 Å². The molecule has 0 radical (unpaired) electrons. The number of hydrogen-bond acceptors (Lipinski definition) is 4. The Bertz CT molecular complexity index is 371. The molecule has 3 heterocycles. The predicted octanol–water partition coefficient (Wildman–Crippen LogP) is 0.648. The van der Waals surface area contributed by atoms with E-state index in [0.29, 0.717) is 26.3 Å². The zero-order valence-corrected chi connectivity index (χ0v) is 14.5. The Hall–Kier alpha value is -0.850. The molecule has 3 aliphatic rings. The minimum Gasteiger partial charge on any atom is -0.378 e. The summed E-state index contributed by atoms with van der Waals surface area (Å²) in [5.74, 6) is 0.428. The molecule has 1 atom stereocenters. The van der Waals surface area contributed by atoms with Crippen LogP contribution in [0.2, 0.25) is 0 Å². The van der Waals surface area contributed by atoms with E-state index in [-0.39, 0.29) is 36.2 Å². The van der Waals surface area contributed by atoms with E-state index in [0.717, 1.165) is 51.7 Å². The van der Waals surface area contributed by atoms with Gasteiger partial charge in [0, 0.05) is 25.6 Å². The van der Waals surface area contributed by atoms with Crippen LogP contribution in [0.5, 0.6) is 0 Å². The van der Waals surface area contributed by atoms with Crippen molar-refractivity contribution >= 4 is 24.2 Å². The van der Waals surface area contributed by atoms with Gasteiger partial charge in [-0.05, 0) is 45.2 Å². The predicted molar refractivity (Wildman–Crippen MR) is 89.6 cm³/mol. The van der Waals surface area contributed by atoms with Crippen molar-refractivity contribution in [2.75, 3.05) is 45.9 Å². The van der Waals surface area contributed by atoms with Gasteiger partial charge in [-0.1, -0.05) is 0 Å². The number of ether oxygens (including phenoxy) is 1. The van der Waals surface area contributed by atoms with Gasteiger partial charge in [0.2, 0.25) is 11.8 Å². The van der Waals surface area contributed by atoms with Crippen LogP contribution in [-0.4, -0.2) is 73.6 Å². The van der Waals surface area contributed by atoms with Gasteiger partial charge in [0.05, 0.1) is 13.2 Å². The number of piperidine rings is 2. The maximum Gasteiger partial charge on any atom is 0.245 e. The lowest BCUT2D eigenvalue weighted by molar-refractivity contribution is -0.152. The van der Waals surface area contributed by atoms with Crippen molar-refractivity contribution in [3.63, 3.8) is 0 Å². The van der Waals surface area contributed by atoms with Crippen LogP contribution in [0.15, 0.2) is 0 Å². The van der Waals surface area contributed by atoms with Gasteiger partial charge in [-0.3, -0.25) is 9.59 Å². The third-order valence-corrected chi connectivity index (χ3v) is 5.08. The third kappa shape index (κ3) is 4.37. The monoisotopic (exact) mass is 345 g/mol. The lowest BCUT2D eigenvalue weighted by Gasteiger charge is -2.40. The van der Waals surface area contributed by atoms with Crippen LogP contribution in [-0.2, 0) is 14.3 Å². The minimum atomic E-state index is -0.241. The van der Waals surface area contributed by atoms with Gasteiger partial charge in [0.1, 0.15) is 6.04 Å². The molecule has 23 heavy (non-hydrogen) atoms. The highest BCUT2D eigenvalue weighted by atomic mass is 35.5. The highest BCUT2D eigenvalue weighted by Gasteiger charge is 2.37. The molecule has 0 aliphatic carbocycles. The molecule has 0 aromatic heterocycles. The number of rotatable bonds is 2. The summed E-state index contributed by atoms with van der Waals surface area (Å²) in [5, 5.41) is 3.30. The number of halogens is 1. The van der Waals surface area contributed by atoms with Crippen molar-refractivity contribution in [2.45, 2.75) is 38.1 Å².